The van der Waals surface area contributed by atoms with Crippen molar-refractivity contribution in [3.8, 4) is 0 Å². The Hall–Kier alpha value is -3.46. The molecule has 0 saturated heterocycles. The molecule has 0 atom stereocenters. The number of sulfonamides is 1. The van der Waals surface area contributed by atoms with Gasteiger partial charge in [-0.15, -0.1) is 0 Å². The first-order chi connectivity index (χ1) is 12.9. The summed E-state index contributed by atoms with van der Waals surface area (Å²) in [5.74, 6) is -0.699. The molecule has 0 radical (unpaired) electrons. The number of anilines is 3. The van der Waals surface area contributed by atoms with Gasteiger partial charge in [0.05, 0.1) is 15.5 Å². The highest BCUT2D eigenvalue weighted by atomic mass is 32.2. The number of nitro benzene ring substituents is 1. The Labute approximate surface area is 154 Å². The molecule has 0 aromatic heterocycles. The van der Waals surface area contributed by atoms with Crippen LogP contribution in [0.5, 0.6) is 0 Å². The summed E-state index contributed by atoms with van der Waals surface area (Å²) in [4.78, 5) is 10.4. The number of nitro groups is 1. The van der Waals surface area contributed by atoms with Crippen molar-refractivity contribution < 1.29 is 17.7 Å². The first-order valence-electron chi connectivity index (χ1n) is 7.75. The Morgan fingerprint density at radius 3 is 2.26 bits per heavy atom. The first kappa shape index (κ1) is 18.3. The van der Waals surface area contributed by atoms with Gasteiger partial charge in [-0.3, -0.25) is 14.8 Å². The normalized spacial score (nSPS) is 11.0. The number of hydrogen-bond donors (Lipinski definition) is 2. The fourth-order valence-electron chi connectivity index (χ4n) is 2.38. The fraction of sp³-hybridized carbons (Fsp3) is 0. The van der Waals surface area contributed by atoms with Crippen molar-refractivity contribution in [2.45, 2.75) is 4.90 Å². The van der Waals surface area contributed by atoms with E-state index in [1.165, 1.54) is 54.6 Å². The number of para-hydroxylation sites is 3. The van der Waals surface area contributed by atoms with Crippen molar-refractivity contribution in [3.05, 3.63) is 88.7 Å². The van der Waals surface area contributed by atoms with E-state index in [9.17, 15) is 22.9 Å². The maximum Gasteiger partial charge on any atom is 0.292 e. The molecule has 27 heavy (non-hydrogen) atoms. The first-order valence-corrected chi connectivity index (χ1v) is 9.23. The van der Waals surface area contributed by atoms with Crippen LogP contribution in [0.3, 0.4) is 0 Å². The van der Waals surface area contributed by atoms with Crippen LogP contribution in [0.2, 0.25) is 0 Å². The van der Waals surface area contributed by atoms with Gasteiger partial charge in [-0.1, -0.05) is 30.3 Å². The Bertz CT molecular complexity index is 1100. The topological polar surface area (TPSA) is 101 Å². The summed E-state index contributed by atoms with van der Waals surface area (Å²) in [6.07, 6.45) is 0. The van der Waals surface area contributed by atoms with Crippen LogP contribution in [0.15, 0.2) is 77.7 Å². The summed E-state index contributed by atoms with van der Waals surface area (Å²) in [6, 6.07) is 17.1. The molecule has 138 valence electrons. The number of benzene rings is 3. The number of hydrogen-bond acceptors (Lipinski definition) is 5. The summed E-state index contributed by atoms with van der Waals surface area (Å²) in [7, 11) is -4.04. The number of halogens is 1. The molecule has 0 spiro atoms. The lowest BCUT2D eigenvalue weighted by molar-refractivity contribution is -0.383. The number of nitrogens with zero attached hydrogens (tertiary/aromatic N) is 1. The average Bonchev–Trinajstić information content (AvgIpc) is 2.64. The third-order valence-electron chi connectivity index (χ3n) is 3.64. The maximum atomic E-state index is 13.7. The summed E-state index contributed by atoms with van der Waals surface area (Å²) in [5, 5.41) is 13.9. The molecule has 0 unspecified atom stereocenters. The summed E-state index contributed by atoms with van der Waals surface area (Å²) in [5.41, 5.74) is 0.240. The average molecular weight is 387 g/mol. The highest BCUT2D eigenvalue weighted by molar-refractivity contribution is 7.92. The van der Waals surface area contributed by atoms with E-state index in [0.29, 0.717) is 5.69 Å². The van der Waals surface area contributed by atoms with Gasteiger partial charge in [-0.2, -0.15) is 0 Å². The Balaban J connectivity index is 1.90. The molecule has 3 rings (SSSR count). The van der Waals surface area contributed by atoms with Crippen LogP contribution in [0.4, 0.5) is 27.1 Å². The minimum atomic E-state index is -4.04. The van der Waals surface area contributed by atoms with E-state index in [-0.39, 0.29) is 22.0 Å². The molecule has 3 aromatic carbocycles. The van der Waals surface area contributed by atoms with Gasteiger partial charge < -0.3 is 5.32 Å². The molecule has 0 amide bonds. The summed E-state index contributed by atoms with van der Waals surface area (Å²) >= 11 is 0. The van der Waals surface area contributed by atoms with Crippen molar-refractivity contribution >= 4 is 32.8 Å². The zero-order valence-corrected chi connectivity index (χ0v) is 14.6. The van der Waals surface area contributed by atoms with E-state index in [1.54, 1.807) is 12.1 Å². The van der Waals surface area contributed by atoms with Crippen LogP contribution < -0.4 is 10.0 Å². The molecule has 0 fully saturated rings. The van der Waals surface area contributed by atoms with Crippen molar-refractivity contribution in [3.63, 3.8) is 0 Å². The second-order valence-electron chi connectivity index (χ2n) is 5.51. The predicted molar refractivity (Wildman–Crippen MR) is 100 cm³/mol. The van der Waals surface area contributed by atoms with E-state index in [0.717, 1.165) is 6.07 Å². The largest absolute Gasteiger partial charge is 0.350 e. The molecular weight excluding hydrogens is 373 g/mol. The van der Waals surface area contributed by atoms with Crippen molar-refractivity contribution in [2.75, 3.05) is 10.0 Å². The highest BCUT2D eigenvalue weighted by Crippen LogP contribution is 2.28. The molecule has 0 saturated carbocycles. The fourth-order valence-corrected chi connectivity index (χ4v) is 3.50. The molecular formula is C18H14FN3O4S. The molecule has 0 aliphatic carbocycles. The summed E-state index contributed by atoms with van der Waals surface area (Å²) < 4.78 is 40.9. The quantitative estimate of drug-likeness (QED) is 0.486. The van der Waals surface area contributed by atoms with Crippen molar-refractivity contribution in [2.24, 2.45) is 0 Å². The van der Waals surface area contributed by atoms with Crippen molar-refractivity contribution in [1.82, 2.24) is 0 Å². The molecule has 0 aliphatic rings. The Morgan fingerprint density at radius 1 is 0.889 bits per heavy atom. The number of rotatable bonds is 6. The second-order valence-corrected chi connectivity index (χ2v) is 7.19. The number of nitrogens with one attached hydrogen (secondary N) is 2. The van der Waals surface area contributed by atoms with Gasteiger partial charge in [0.2, 0.25) is 0 Å². The lowest BCUT2D eigenvalue weighted by atomic mass is 10.2. The van der Waals surface area contributed by atoms with Gasteiger partial charge in [0.25, 0.3) is 15.7 Å². The van der Waals surface area contributed by atoms with E-state index in [4.69, 9.17) is 0 Å². The molecule has 3 aromatic rings. The van der Waals surface area contributed by atoms with Gasteiger partial charge >= 0.3 is 0 Å². The van der Waals surface area contributed by atoms with E-state index in [2.05, 4.69) is 10.0 Å². The standard InChI is InChI=1S/C18H14FN3O4S/c19-15-8-1-2-9-16(15)21-27(25,26)14-7-5-6-13(12-14)20-17-10-3-4-11-18(17)22(23)24/h1-12,20-21H. The maximum absolute atomic E-state index is 13.7. The monoisotopic (exact) mass is 387 g/mol. The van der Waals surface area contributed by atoms with Crippen molar-refractivity contribution in [1.29, 1.82) is 0 Å². The summed E-state index contributed by atoms with van der Waals surface area (Å²) in [6.45, 7) is 0. The van der Waals surface area contributed by atoms with E-state index < -0.39 is 20.8 Å². The van der Waals surface area contributed by atoms with E-state index >= 15 is 0 Å². The minimum absolute atomic E-state index is 0.116. The molecule has 0 heterocycles. The lowest BCUT2D eigenvalue weighted by Crippen LogP contribution is -2.14. The van der Waals surface area contributed by atoms with Gasteiger partial charge in [0.1, 0.15) is 11.5 Å². The molecule has 0 bridgehead atoms. The van der Waals surface area contributed by atoms with Crippen LogP contribution in [0.25, 0.3) is 0 Å². The molecule has 9 heteroatoms. The Morgan fingerprint density at radius 2 is 1.56 bits per heavy atom. The third-order valence-corrected chi connectivity index (χ3v) is 5.01. The highest BCUT2D eigenvalue weighted by Gasteiger charge is 2.18. The van der Waals surface area contributed by atoms with Crippen LogP contribution in [-0.2, 0) is 10.0 Å². The third kappa shape index (κ3) is 4.21. The zero-order valence-electron chi connectivity index (χ0n) is 13.8. The van der Waals surface area contributed by atoms with Gasteiger partial charge in [0, 0.05) is 11.8 Å². The minimum Gasteiger partial charge on any atom is -0.350 e. The van der Waals surface area contributed by atoms with Crippen LogP contribution in [0, 0.1) is 15.9 Å². The van der Waals surface area contributed by atoms with Crippen LogP contribution in [-0.4, -0.2) is 13.3 Å². The molecule has 7 nitrogen and oxygen atoms in total. The van der Waals surface area contributed by atoms with Crippen LogP contribution in [0.1, 0.15) is 0 Å². The lowest BCUT2D eigenvalue weighted by Gasteiger charge is -2.11. The predicted octanol–water partition coefficient (Wildman–Crippen LogP) is 4.28. The van der Waals surface area contributed by atoms with Gasteiger partial charge in [0.15, 0.2) is 0 Å². The smallest absolute Gasteiger partial charge is 0.292 e. The zero-order chi connectivity index (χ0) is 19.4. The van der Waals surface area contributed by atoms with Gasteiger partial charge in [-0.25, -0.2) is 12.8 Å². The molecule has 0 aliphatic heterocycles. The van der Waals surface area contributed by atoms with Gasteiger partial charge in [-0.05, 0) is 36.4 Å². The Kier molecular flexibility index (Phi) is 5.04. The molecule has 2 N–H and O–H groups in total. The SMILES string of the molecule is O=[N+]([O-])c1ccccc1Nc1cccc(S(=O)(=O)Nc2ccccc2F)c1. The van der Waals surface area contributed by atoms with Crippen LogP contribution >= 0.6 is 0 Å². The second kappa shape index (κ2) is 7.42. The van der Waals surface area contributed by atoms with E-state index in [1.807, 2.05) is 0 Å².